The molecule has 0 aromatic rings. The molecule has 0 aromatic carbocycles. The normalized spacial score (nSPS) is 14.0. The number of hydrogen-bond donors (Lipinski definition) is 3. The summed E-state index contributed by atoms with van der Waals surface area (Å²) in [6, 6.07) is -0.0835. The smallest absolute Gasteiger partial charge is 0.222 e. The van der Waals surface area contributed by atoms with Crippen LogP contribution < -0.4 is 17.2 Å². The average Bonchev–Trinajstić information content (AvgIpc) is 2.49. The first kappa shape index (κ1) is 21.4. The Morgan fingerprint density at radius 1 is 0.818 bits per heavy atom. The van der Waals surface area contributed by atoms with E-state index in [1.807, 2.05) is 0 Å². The molecule has 0 radical (unpaired) electrons. The lowest BCUT2D eigenvalue weighted by molar-refractivity contribution is -0.122. The fourth-order valence-corrected chi connectivity index (χ4v) is 2.97. The number of carbonyl (C=O) groups is 1. The molecule has 2 atom stereocenters. The Labute approximate surface area is 137 Å². The molecule has 0 saturated carbocycles. The molecule has 132 valence electrons. The first-order valence-corrected chi connectivity index (χ1v) is 9.38. The van der Waals surface area contributed by atoms with Gasteiger partial charge in [-0.3, -0.25) is 4.79 Å². The maximum atomic E-state index is 11.6. The zero-order valence-corrected chi connectivity index (χ0v) is 14.7. The van der Waals surface area contributed by atoms with Gasteiger partial charge in [-0.25, -0.2) is 0 Å². The van der Waals surface area contributed by atoms with E-state index < -0.39 is 0 Å². The summed E-state index contributed by atoms with van der Waals surface area (Å²) in [5.41, 5.74) is 17.2. The van der Waals surface area contributed by atoms with Crippen molar-refractivity contribution < 1.29 is 4.79 Å². The Hall–Kier alpha value is -0.610. The summed E-state index contributed by atoms with van der Waals surface area (Å²) < 4.78 is 0. The van der Waals surface area contributed by atoms with Crippen LogP contribution in [0, 0.1) is 5.92 Å². The minimum Gasteiger partial charge on any atom is -0.369 e. The number of hydrogen-bond acceptors (Lipinski definition) is 3. The van der Waals surface area contributed by atoms with Gasteiger partial charge in [0.25, 0.3) is 0 Å². The van der Waals surface area contributed by atoms with Crippen molar-refractivity contribution in [2.24, 2.45) is 23.1 Å². The van der Waals surface area contributed by atoms with Crippen molar-refractivity contribution in [2.45, 2.75) is 96.4 Å². The molecule has 1 amide bonds. The van der Waals surface area contributed by atoms with Crippen molar-refractivity contribution in [1.82, 2.24) is 0 Å². The molecule has 0 spiro atoms. The minimum atomic E-state index is -0.228. The van der Waals surface area contributed by atoms with Crippen molar-refractivity contribution in [1.29, 1.82) is 0 Å². The van der Waals surface area contributed by atoms with Gasteiger partial charge in [0.1, 0.15) is 0 Å². The highest BCUT2D eigenvalue weighted by Gasteiger charge is 2.22. The van der Waals surface area contributed by atoms with Crippen molar-refractivity contribution in [3.63, 3.8) is 0 Å². The van der Waals surface area contributed by atoms with E-state index in [4.69, 9.17) is 17.2 Å². The summed E-state index contributed by atoms with van der Waals surface area (Å²) in [4.78, 5) is 11.6. The zero-order valence-electron chi connectivity index (χ0n) is 14.7. The summed E-state index contributed by atoms with van der Waals surface area (Å²) in [6.07, 6.45) is 15.1. The van der Waals surface area contributed by atoms with Crippen molar-refractivity contribution in [2.75, 3.05) is 6.54 Å². The van der Waals surface area contributed by atoms with Gasteiger partial charge in [-0.1, -0.05) is 71.1 Å². The molecule has 0 aliphatic heterocycles. The van der Waals surface area contributed by atoms with Crippen LogP contribution in [0.1, 0.15) is 90.4 Å². The topological polar surface area (TPSA) is 95.1 Å². The Morgan fingerprint density at radius 2 is 1.32 bits per heavy atom. The number of unbranched alkanes of at least 4 members (excludes halogenated alkanes) is 9. The van der Waals surface area contributed by atoms with Crippen LogP contribution in [0.25, 0.3) is 0 Å². The van der Waals surface area contributed by atoms with E-state index in [-0.39, 0.29) is 17.9 Å². The van der Waals surface area contributed by atoms with Crippen molar-refractivity contribution in [3.8, 4) is 0 Å². The largest absolute Gasteiger partial charge is 0.369 e. The van der Waals surface area contributed by atoms with Crippen molar-refractivity contribution >= 4 is 5.91 Å². The minimum absolute atomic E-state index is 0.0835. The molecule has 4 nitrogen and oxygen atoms in total. The third-order valence-electron chi connectivity index (χ3n) is 4.49. The first-order valence-electron chi connectivity index (χ1n) is 9.38. The standard InChI is InChI=1S/C18H39N3O/c1-2-3-4-5-6-7-8-10-13-16(18(21)22)17(20)14-11-9-12-15-19/h16-17H,2-15,19-20H2,1H3,(H2,21,22). The third-order valence-corrected chi connectivity index (χ3v) is 4.49. The quantitative estimate of drug-likeness (QED) is 0.381. The second-order valence-electron chi connectivity index (χ2n) is 6.57. The van der Waals surface area contributed by atoms with Gasteiger partial charge < -0.3 is 17.2 Å². The first-order chi connectivity index (χ1) is 10.6. The molecular weight excluding hydrogens is 274 g/mol. The Kier molecular flexibility index (Phi) is 14.9. The van der Waals surface area contributed by atoms with E-state index in [1.165, 1.54) is 44.9 Å². The monoisotopic (exact) mass is 313 g/mol. The lowest BCUT2D eigenvalue weighted by Crippen LogP contribution is -2.39. The molecular formula is C18H39N3O. The van der Waals surface area contributed by atoms with Gasteiger partial charge >= 0.3 is 0 Å². The molecule has 0 aliphatic carbocycles. The van der Waals surface area contributed by atoms with Crippen LogP contribution >= 0.6 is 0 Å². The lowest BCUT2D eigenvalue weighted by atomic mass is 9.89. The molecule has 0 fully saturated rings. The molecule has 0 aromatic heterocycles. The third kappa shape index (κ3) is 12.0. The highest BCUT2D eigenvalue weighted by molar-refractivity contribution is 5.77. The van der Waals surface area contributed by atoms with Crippen LogP contribution in [-0.2, 0) is 4.79 Å². The van der Waals surface area contributed by atoms with Crippen LogP contribution in [-0.4, -0.2) is 18.5 Å². The second-order valence-corrected chi connectivity index (χ2v) is 6.57. The summed E-state index contributed by atoms with van der Waals surface area (Å²) in [5.74, 6) is -0.382. The van der Waals surface area contributed by atoms with Gasteiger partial charge in [-0.15, -0.1) is 0 Å². The van der Waals surface area contributed by atoms with Gasteiger partial charge in [0.2, 0.25) is 5.91 Å². The maximum absolute atomic E-state index is 11.6. The van der Waals surface area contributed by atoms with E-state index in [9.17, 15) is 4.79 Å². The molecule has 22 heavy (non-hydrogen) atoms. The number of carbonyl (C=O) groups excluding carboxylic acids is 1. The van der Waals surface area contributed by atoms with Crippen LogP contribution in [0.3, 0.4) is 0 Å². The fourth-order valence-electron chi connectivity index (χ4n) is 2.97. The Morgan fingerprint density at radius 3 is 1.86 bits per heavy atom. The number of primary amides is 1. The SMILES string of the molecule is CCCCCCCCCCC(C(N)=O)C(N)CCCCCN. The van der Waals surface area contributed by atoms with E-state index in [1.54, 1.807) is 0 Å². The average molecular weight is 314 g/mol. The number of amides is 1. The van der Waals surface area contributed by atoms with Crippen LogP contribution in [0.15, 0.2) is 0 Å². The number of rotatable bonds is 16. The summed E-state index contributed by atoms with van der Waals surface area (Å²) >= 11 is 0. The van der Waals surface area contributed by atoms with E-state index >= 15 is 0 Å². The molecule has 6 N–H and O–H groups in total. The Balaban J connectivity index is 3.73. The molecule has 0 heterocycles. The molecule has 0 rings (SSSR count). The van der Waals surface area contributed by atoms with Crippen molar-refractivity contribution in [3.05, 3.63) is 0 Å². The van der Waals surface area contributed by atoms with Crippen LogP contribution in [0.4, 0.5) is 0 Å². The predicted octanol–water partition coefficient (Wildman–Crippen LogP) is 3.47. The molecule has 0 bridgehead atoms. The van der Waals surface area contributed by atoms with Crippen LogP contribution in [0.2, 0.25) is 0 Å². The molecule has 0 saturated heterocycles. The summed E-state index contributed by atoms with van der Waals surface area (Å²) in [7, 11) is 0. The van der Waals surface area contributed by atoms with Gasteiger partial charge in [0.05, 0.1) is 5.92 Å². The number of nitrogens with two attached hydrogens (primary N) is 3. The maximum Gasteiger partial charge on any atom is 0.222 e. The van der Waals surface area contributed by atoms with Gasteiger partial charge in [0, 0.05) is 6.04 Å². The van der Waals surface area contributed by atoms with Gasteiger partial charge in [-0.05, 0) is 25.8 Å². The molecule has 2 unspecified atom stereocenters. The summed E-state index contributed by atoms with van der Waals surface area (Å²) in [5, 5.41) is 0. The Bertz CT molecular complexity index is 259. The van der Waals surface area contributed by atoms with Gasteiger partial charge in [0.15, 0.2) is 0 Å². The van der Waals surface area contributed by atoms with E-state index in [0.717, 1.165) is 45.1 Å². The zero-order chi connectivity index (χ0) is 16.6. The molecule has 0 aliphatic rings. The van der Waals surface area contributed by atoms with Gasteiger partial charge in [-0.2, -0.15) is 0 Å². The predicted molar refractivity (Wildman–Crippen MR) is 95.4 cm³/mol. The highest BCUT2D eigenvalue weighted by Crippen LogP contribution is 2.18. The fraction of sp³-hybridized carbons (Fsp3) is 0.944. The summed E-state index contributed by atoms with van der Waals surface area (Å²) in [6.45, 7) is 2.97. The van der Waals surface area contributed by atoms with Crippen LogP contribution in [0.5, 0.6) is 0 Å². The lowest BCUT2D eigenvalue weighted by Gasteiger charge is -2.21. The van der Waals surface area contributed by atoms with E-state index in [2.05, 4.69) is 6.92 Å². The molecule has 4 heteroatoms. The highest BCUT2D eigenvalue weighted by atomic mass is 16.1. The van der Waals surface area contributed by atoms with E-state index in [0.29, 0.717) is 0 Å². The second kappa shape index (κ2) is 15.3.